The molecule has 0 atom stereocenters. The molecular weight excluding hydrogens is 341 g/mol. The molecule has 0 radical (unpaired) electrons. The fourth-order valence-corrected chi connectivity index (χ4v) is 2.78. The van der Waals surface area contributed by atoms with Crippen LogP contribution in [0.15, 0.2) is 30.3 Å². The smallest absolute Gasteiger partial charge is 0.141 e. The molecule has 2 aromatic rings. The molecule has 0 aliphatic carbocycles. The molecule has 0 saturated carbocycles. The third-order valence-corrected chi connectivity index (χ3v) is 4.38. The predicted octanol–water partition coefficient (Wildman–Crippen LogP) is 3.51. The molecule has 1 aromatic heterocycles. The van der Waals surface area contributed by atoms with Crippen LogP contribution in [0.5, 0.6) is 0 Å². The van der Waals surface area contributed by atoms with Gasteiger partial charge in [-0.2, -0.15) is 0 Å². The van der Waals surface area contributed by atoms with E-state index in [0.29, 0.717) is 19.6 Å². The van der Waals surface area contributed by atoms with E-state index < -0.39 is 5.82 Å². The Morgan fingerprint density at radius 3 is 2.68 bits per heavy atom. The minimum absolute atomic E-state index is 0.0857. The molecule has 0 unspecified atom stereocenters. The normalized spacial score (nSPS) is 11.8. The van der Waals surface area contributed by atoms with Gasteiger partial charge in [-0.1, -0.05) is 11.6 Å². The molecule has 0 amide bonds. The average Bonchev–Trinajstić information content (AvgIpc) is 2.57. The van der Waals surface area contributed by atoms with Crippen LogP contribution >= 0.6 is 11.6 Å². The lowest BCUT2D eigenvalue weighted by atomic mass is 9.92. The number of methoxy groups -OCH3 is 1. The van der Waals surface area contributed by atoms with E-state index in [1.54, 1.807) is 19.2 Å². The molecule has 136 valence electrons. The topological polar surface area (TPSA) is 60.2 Å². The van der Waals surface area contributed by atoms with Gasteiger partial charge in [0.1, 0.15) is 5.82 Å². The van der Waals surface area contributed by atoms with E-state index in [1.165, 1.54) is 6.07 Å². The summed E-state index contributed by atoms with van der Waals surface area (Å²) in [6.45, 7) is 6.08. The van der Waals surface area contributed by atoms with Crippen molar-refractivity contribution in [2.45, 2.75) is 25.8 Å². The van der Waals surface area contributed by atoms with Gasteiger partial charge in [-0.05, 0) is 56.3 Å². The molecule has 4 nitrogen and oxygen atoms in total. The molecule has 6 heteroatoms. The van der Waals surface area contributed by atoms with Crippen LogP contribution < -0.4 is 11.1 Å². The van der Waals surface area contributed by atoms with Crippen LogP contribution in [-0.2, 0) is 16.7 Å². The third kappa shape index (κ3) is 5.22. The van der Waals surface area contributed by atoms with Crippen molar-refractivity contribution in [2.24, 2.45) is 5.73 Å². The van der Waals surface area contributed by atoms with Gasteiger partial charge < -0.3 is 15.8 Å². The van der Waals surface area contributed by atoms with Crippen molar-refractivity contribution in [3.63, 3.8) is 0 Å². The average molecular weight is 366 g/mol. The van der Waals surface area contributed by atoms with Crippen molar-refractivity contribution in [1.29, 1.82) is 0 Å². The zero-order valence-electron chi connectivity index (χ0n) is 14.9. The Labute approximate surface area is 153 Å². The van der Waals surface area contributed by atoms with E-state index in [4.69, 9.17) is 22.1 Å². The molecule has 0 fully saturated rings. The predicted molar refractivity (Wildman–Crippen MR) is 100 cm³/mol. The van der Waals surface area contributed by atoms with Gasteiger partial charge in [-0.15, -0.1) is 0 Å². The Kier molecular flexibility index (Phi) is 6.90. The van der Waals surface area contributed by atoms with Crippen molar-refractivity contribution in [3.05, 3.63) is 52.4 Å². The van der Waals surface area contributed by atoms with Crippen LogP contribution in [0, 0.1) is 5.82 Å². The maximum Gasteiger partial charge on any atom is 0.141 e. The number of ether oxygens (including phenoxy) is 1. The third-order valence-electron chi connectivity index (χ3n) is 4.09. The summed E-state index contributed by atoms with van der Waals surface area (Å²) in [5.74, 6) is -0.440. The lowest BCUT2D eigenvalue weighted by molar-refractivity contribution is 0.188. The number of rotatable bonds is 8. The molecule has 0 bridgehead atoms. The number of pyridine rings is 1. The lowest BCUT2D eigenvalue weighted by Crippen LogP contribution is -2.38. The van der Waals surface area contributed by atoms with Crippen molar-refractivity contribution in [3.8, 4) is 11.3 Å². The molecule has 3 N–H and O–H groups in total. The summed E-state index contributed by atoms with van der Waals surface area (Å²) in [5.41, 5.74) is 8.95. The van der Waals surface area contributed by atoms with E-state index >= 15 is 0 Å². The second kappa shape index (κ2) is 8.72. The Hall–Kier alpha value is -1.53. The summed E-state index contributed by atoms with van der Waals surface area (Å²) >= 11 is 5.93. The fraction of sp³-hybridized carbons (Fsp3) is 0.421. The second-order valence-corrected chi connectivity index (χ2v) is 6.85. The lowest BCUT2D eigenvalue weighted by Gasteiger charge is -2.28. The zero-order valence-corrected chi connectivity index (χ0v) is 15.7. The van der Waals surface area contributed by atoms with Crippen molar-refractivity contribution in [1.82, 2.24) is 10.3 Å². The molecule has 0 aliphatic heterocycles. The molecule has 25 heavy (non-hydrogen) atoms. The van der Waals surface area contributed by atoms with Gasteiger partial charge in [0.25, 0.3) is 0 Å². The Morgan fingerprint density at radius 1 is 1.28 bits per heavy atom. The number of nitrogens with zero attached hydrogens (tertiary/aromatic N) is 1. The molecular formula is C19H25ClFN3O. The van der Waals surface area contributed by atoms with E-state index in [2.05, 4.69) is 30.2 Å². The Balaban J connectivity index is 2.43. The van der Waals surface area contributed by atoms with Gasteiger partial charge in [0.15, 0.2) is 0 Å². The van der Waals surface area contributed by atoms with Crippen molar-refractivity contribution < 1.29 is 9.13 Å². The van der Waals surface area contributed by atoms with E-state index in [9.17, 15) is 4.39 Å². The van der Waals surface area contributed by atoms with Crippen LogP contribution in [0.4, 0.5) is 4.39 Å². The van der Waals surface area contributed by atoms with E-state index in [-0.39, 0.29) is 10.6 Å². The van der Waals surface area contributed by atoms with Crippen LogP contribution in [0.3, 0.4) is 0 Å². The Bertz CT molecular complexity index is 722. The highest BCUT2D eigenvalue weighted by molar-refractivity contribution is 6.31. The van der Waals surface area contributed by atoms with Crippen LogP contribution in [0.2, 0.25) is 5.02 Å². The highest BCUT2D eigenvalue weighted by atomic mass is 35.5. The molecule has 0 spiro atoms. The van der Waals surface area contributed by atoms with Crippen molar-refractivity contribution in [2.75, 3.05) is 26.8 Å². The summed E-state index contributed by atoms with van der Waals surface area (Å²) in [6.07, 6.45) is 0.671. The highest BCUT2D eigenvalue weighted by Gasteiger charge is 2.21. The summed E-state index contributed by atoms with van der Waals surface area (Å²) in [7, 11) is 1.68. The van der Waals surface area contributed by atoms with Crippen LogP contribution in [0.1, 0.15) is 25.1 Å². The number of halogens is 2. The van der Waals surface area contributed by atoms with Gasteiger partial charge in [0.05, 0.1) is 17.3 Å². The molecule has 1 heterocycles. The maximum atomic E-state index is 13.5. The first-order chi connectivity index (χ1) is 11.9. The van der Waals surface area contributed by atoms with Gasteiger partial charge in [-0.3, -0.25) is 4.98 Å². The standard InChI is InChI=1S/C19H25ClFN3O/c1-19(2,23-8-9-25-3)14-11-15(6-7-22)24-18(12-14)13-4-5-17(21)16(20)10-13/h4-5,10-12,23H,6-9,22H2,1-3H3. The van der Waals surface area contributed by atoms with Crippen LogP contribution in [-0.4, -0.2) is 31.8 Å². The fourth-order valence-electron chi connectivity index (χ4n) is 2.60. The van der Waals surface area contributed by atoms with Gasteiger partial charge in [0, 0.05) is 36.9 Å². The minimum atomic E-state index is -0.440. The largest absolute Gasteiger partial charge is 0.383 e. The quantitative estimate of drug-likeness (QED) is 0.703. The number of hydrogen-bond acceptors (Lipinski definition) is 4. The van der Waals surface area contributed by atoms with Crippen molar-refractivity contribution >= 4 is 11.6 Å². The summed E-state index contributed by atoms with van der Waals surface area (Å²) in [5, 5.41) is 3.56. The summed E-state index contributed by atoms with van der Waals surface area (Å²) in [6, 6.07) is 8.70. The zero-order chi connectivity index (χ0) is 18.4. The van der Waals surface area contributed by atoms with E-state index in [1.807, 2.05) is 6.07 Å². The molecule has 0 aliphatic rings. The monoisotopic (exact) mass is 365 g/mol. The van der Waals surface area contributed by atoms with Crippen LogP contribution in [0.25, 0.3) is 11.3 Å². The molecule has 0 saturated heterocycles. The number of benzene rings is 1. The molecule has 2 rings (SSSR count). The van der Waals surface area contributed by atoms with Gasteiger partial charge >= 0.3 is 0 Å². The maximum absolute atomic E-state index is 13.5. The number of nitrogens with two attached hydrogens (primary N) is 1. The number of hydrogen-bond donors (Lipinski definition) is 2. The van der Waals surface area contributed by atoms with Gasteiger partial charge in [-0.25, -0.2) is 4.39 Å². The SMILES string of the molecule is COCCNC(C)(C)c1cc(CCN)nc(-c2ccc(F)c(Cl)c2)c1. The second-order valence-electron chi connectivity index (χ2n) is 6.44. The summed E-state index contributed by atoms with van der Waals surface area (Å²) in [4.78, 5) is 4.66. The Morgan fingerprint density at radius 2 is 2.04 bits per heavy atom. The first-order valence-corrected chi connectivity index (χ1v) is 8.66. The number of nitrogens with one attached hydrogen (secondary N) is 1. The summed E-state index contributed by atoms with van der Waals surface area (Å²) < 4.78 is 18.6. The van der Waals surface area contributed by atoms with Gasteiger partial charge in [0.2, 0.25) is 0 Å². The first-order valence-electron chi connectivity index (χ1n) is 8.28. The minimum Gasteiger partial charge on any atom is -0.383 e. The molecule has 1 aromatic carbocycles. The number of aromatic nitrogens is 1. The van der Waals surface area contributed by atoms with E-state index in [0.717, 1.165) is 29.1 Å². The highest BCUT2D eigenvalue weighted by Crippen LogP contribution is 2.28. The first kappa shape index (κ1) is 19.8.